The van der Waals surface area contributed by atoms with Gasteiger partial charge in [-0.15, -0.1) is 0 Å². The van der Waals surface area contributed by atoms with Crippen molar-refractivity contribution in [3.8, 4) is 0 Å². The number of methoxy groups -OCH3 is 1. The number of aromatic nitrogens is 2. The van der Waals surface area contributed by atoms with E-state index < -0.39 is 5.60 Å². The molecule has 6 heteroatoms. The molecule has 1 aliphatic rings. The van der Waals surface area contributed by atoms with Crippen molar-refractivity contribution in [1.29, 1.82) is 0 Å². The second-order valence-electron chi connectivity index (χ2n) is 5.03. The van der Waals surface area contributed by atoms with E-state index in [4.69, 9.17) is 9.47 Å². The molecule has 0 unspecified atom stereocenters. The van der Waals surface area contributed by atoms with Crippen molar-refractivity contribution in [2.45, 2.75) is 38.7 Å². The van der Waals surface area contributed by atoms with E-state index in [0.717, 1.165) is 47.6 Å². The van der Waals surface area contributed by atoms with E-state index in [2.05, 4.69) is 38.1 Å². The maximum absolute atomic E-state index is 5.77. The van der Waals surface area contributed by atoms with Gasteiger partial charge in [-0.25, -0.2) is 9.97 Å². The molecule has 2 rings (SSSR count). The van der Waals surface area contributed by atoms with Crippen molar-refractivity contribution in [2.24, 2.45) is 0 Å². The molecule has 0 saturated carbocycles. The van der Waals surface area contributed by atoms with E-state index in [9.17, 15) is 0 Å². The van der Waals surface area contributed by atoms with Crippen molar-refractivity contribution in [1.82, 2.24) is 9.97 Å². The van der Waals surface area contributed by atoms with Gasteiger partial charge in [0.2, 0.25) is 0 Å². The Balaban J connectivity index is 2.37. The number of rotatable bonds is 5. The number of nitrogens with zero attached hydrogens (tertiary/aromatic N) is 2. The number of hydrogen-bond donors (Lipinski definition) is 1. The van der Waals surface area contributed by atoms with Crippen LogP contribution in [0.25, 0.3) is 0 Å². The summed E-state index contributed by atoms with van der Waals surface area (Å²) < 4.78 is 12.1. The van der Waals surface area contributed by atoms with E-state index in [0.29, 0.717) is 13.2 Å². The van der Waals surface area contributed by atoms with Gasteiger partial charge in [-0.05, 0) is 29.3 Å². The molecule has 0 amide bonds. The van der Waals surface area contributed by atoms with Gasteiger partial charge >= 0.3 is 0 Å². The van der Waals surface area contributed by atoms with Gasteiger partial charge in [0, 0.05) is 39.7 Å². The fourth-order valence-corrected chi connectivity index (χ4v) is 2.66. The molecule has 0 radical (unpaired) electrons. The van der Waals surface area contributed by atoms with E-state index in [1.165, 1.54) is 0 Å². The van der Waals surface area contributed by atoms with Crippen LogP contribution in [-0.4, -0.2) is 36.8 Å². The maximum atomic E-state index is 5.77. The van der Waals surface area contributed by atoms with Gasteiger partial charge in [0.1, 0.15) is 11.4 Å². The highest BCUT2D eigenvalue weighted by molar-refractivity contribution is 9.10. The van der Waals surface area contributed by atoms with E-state index in [-0.39, 0.29) is 0 Å². The molecule has 5 nitrogen and oxygen atoms in total. The standard InChI is InChI=1S/C14H22BrN3O2/c1-4-7-16-12-11(15)10(2)17-13(18-12)14(19-3)5-8-20-9-6-14/h4-9H2,1-3H3,(H,16,17,18). The normalized spacial score (nSPS) is 18.0. The van der Waals surface area contributed by atoms with Crippen LogP contribution in [0.2, 0.25) is 0 Å². The van der Waals surface area contributed by atoms with Crippen LogP contribution in [0.4, 0.5) is 5.82 Å². The Labute approximate surface area is 128 Å². The first kappa shape index (κ1) is 15.7. The number of anilines is 1. The molecule has 1 aromatic heterocycles. The highest BCUT2D eigenvalue weighted by Gasteiger charge is 2.38. The largest absolute Gasteiger partial charge is 0.381 e. The average Bonchev–Trinajstić information content (AvgIpc) is 2.49. The highest BCUT2D eigenvalue weighted by atomic mass is 79.9. The first-order chi connectivity index (χ1) is 9.63. The quantitative estimate of drug-likeness (QED) is 0.890. The summed E-state index contributed by atoms with van der Waals surface area (Å²) in [6.07, 6.45) is 2.63. The summed E-state index contributed by atoms with van der Waals surface area (Å²) in [6, 6.07) is 0. The summed E-state index contributed by atoms with van der Waals surface area (Å²) in [7, 11) is 1.73. The number of hydrogen-bond acceptors (Lipinski definition) is 5. The predicted molar refractivity (Wildman–Crippen MR) is 82.0 cm³/mol. The van der Waals surface area contributed by atoms with Gasteiger partial charge in [0.15, 0.2) is 5.82 Å². The van der Waals surface area contributed by atoms with Gasteiger partial charge in [0.25, 0.3) is 0 Å². The van der Waals surface area contributed by atoms with Gasteiger partial charge in [0.05, 0.1) is 10.2 Å². The predicted octanol–water partition coefficient (Wildman–Crippen LogP) is 3.02. The monoisotopic (exact) mass is 343 g/mol. The van der Waals surface area contributed by atoms with Crippen LogP contribution in [-0.2, 0) is 15.1 Å². The second kappa shape index (κ2) is 6.83. The Hall–Kier alpha value is -0.720. The fourth-order valence-electron chi connectivity index (χ4n) is 2.34. The van der Waals surface area contributed by atoms with Crippen molar-refractivity contribution in [3.63, 3.8) is 0 Å². The smallest absolute Gasteiger partial charge is 0.163 e. The van der Waals surface area contributed by atoms with Gasteiger partial charge < -0.3 is 14.8 Å². The lowest BCUT2D eigenvalue weighted by Gasteiger charge is -2.34. The third-order valence-corrected chi connectivity index (χ3v) is 4.61. The molecule has 0 aromatic carbocycles. The first-order valence-electron chi connectivity index (χ1n) is 7.04. The Morgan fingerprint density at radius 2 is 2.05 bits per heavy atom. The number of aryl methyl sites for hydroxylation is 1. The molecule has 2 heterocycles. The molecule has 0 spiro atoms. The Morgan fingerprint density at radius 3 is 2.65 bits per heavy atom. The molecule has 1 N–H and O–H groups in total. The van der Waals surface area contributed by atoms with Crippen LogP contribution in [0.1, 0.15) is 37.7 Å². The average molecular weight is 344 g/mol. The molecular weight excluding hydrogens is 322 g/mol. The highest BCUT2D eigenvalue weighted by Crippen LogP contribution is 2.35. The third kappa shape index (κ3) is 3.13. The summed E-state index contributed by atoms with van der Waals surface area (Å²) in [4.78, 5) is 9.32. The van der Waals surface area contributed by atoms with Crippen molar-refractivity contribution in [2.75, 3.05) is 32.2 Å². The Morgan fingerprint density at radius 1 is 1.35 bits per heavy atom. The van der Waals surface area contributed by atoms with Crippen molar-refractivity contribution < 1.29 is 9.47 Å². The Bertz CT molecular complexity index is 462. The lowest BCUT2D eigenvalue weighted by molar-refractivity contribution is -0.1000. The van der Waals surface area contributed by atoms with Crippen LogP contribution in [0.5, 0.6) is 0 Å². The molecule has 0 aliphatic carbocycles. The van der Waals surface area contributed by atoms with Crippen molar-refractivity contribution in [3.05, 3.63) is 16.0 Å². The lowest BCUT2D eigenvalue weighted by atomic mass is 9.93. The summed E-state index contributed by atoms with van der Waals surface area (Å²) >= 11 is 3.56. The van der Waals surface area contributed by atoms with Crippen LogP contribution >= 0.6 is 15.9 Å². The Kier molecular flexibility index (Phi) is 5.35. The summed E-state index contributed by atoms with van der Waals surface area (Å²) in [5.74, 6) is 1.60. The second-order valence-corrected chi connectivity index (χ2v) is 5.83. The molecule has 1 fully saturated rings. The fraction of sp³-hybridized carbons (Fsp3) is 0.714. The van der Waals surface area contributed by atoms with E-state index in [1.54, 1.807) is 7.11 Å². The molecule has 1 aromatic rings. The topological polar surface area (TPSA) is 56.3 Å². The summed E-state index contributed by atoms with van der Waals surface area (Å²) in [5.41, 5.74) is 0.503. The zero-order valence-corrected chi connectivity index (χ0v) is 13.9. The van der Waals surface area contributed by atoms with E-state index >= 15 is 0 Å². The molecule has 0 atom stereocenters. The van der Waals surface area contributed by atoms with Gasteiger partial charge in [-0.3, -0.25) is 0 Å². The van der Waals surface area contributed by atoms with Crippen LogP contribution < -0.4 is 5.32 Å². The van der Waals surface area contributed by atoms with Gasteiger partial charge in [-0.1, -0.05) is 6.92 Å². The molecule has 112 valence electrons. The minimum Gasteiger partial charge on any atom is -0.381 e. The summed E-state index contributed by atoms with van der Waals surface area (Å²) in [6.45, 7) is 6.37. The molecular formula is C14H22BrN3O2. The van der Waals surface area contributed by atoms with Crippen LogP contribution in [0.3, 0.4) is 0 Å². The maximum Gasteiger partial charge on any atom is 0.163 e. The zero-order valence-electron chi connectivity index (χ0n) is 12.3. The minimum atomic E-state index is -0.424. The SMILES string of the molecule is CCCNc1nc(C2(OC)CCOCC2)nc(C)c1Br. The number of ether oxygens (including phenoxy) is 2. The van der Waals surface area contributed by atoms with E-state index in [1.807, 2.05) is 6.92 Å². The van der Waals surface area contributed by atoms with Crippen molar-refractivity contribution >= 4 is 21.7 Å². The number of halogens is 1. The third-order valence-electron chi connectivity index (χ3n) is 3.66. The molecule has 0 bridgehead atoms. The first-order valence-corrected chi connectivity index (χ1v) is 7.83. The molecule has 1 saturated heterocycles. The molecule has 20 heavy (non-hydrogen) atoms. The zero-order chi connectivity index (χ0) is 14.6. The lowest BCUT2D eigenvalue weighted by Crippen LogP contribution is -2.37. The summed E-state index contributed by atoms with van der Waals surface area (Å²) in [5, 5.41) is 3.34. The number of nitrogens with one attached hydrogen (secondary N) is 1. The van der Waals surface area contributed by atoms with Gasteiger partial charge in [-0.2, -0.15) is 0 Å². The van der Waals surface area contributed by atoms with Crippen LogP contribution in [0, 0.1) is 6.92 Å². The molecule has 1 aliphatic heterocycles. The minimum absolute atomic E-state index is 0.424. The van der Waals surface area contributed by atoms with Crippen LogP contribution in [0.15, 0.2) is 4.47 Å².